The zero-order chi connectivity index (χ0) is 15.4. The van der Waals surface area contributed by atoms with Crippen molar-refractivity contribution < 1.29 is 9.47 Å². The molecule has 0 spiro atoms. The highest BCUT2D eigenvalue weighted by Crippen LogP contribution is 2.26. The summed E-state index contributed by atoms with van der Waals surface area (Å²) in [6.07, 6.45) is 11.0. The number of hydrogen-bond acceptors (Lipinski definition) is 5. The van der Waals surface area contributed by atoms with Crippen molar-refractivity contribution in [3.63, 3.8) is 0 Å². The van der Waals surface area contributed by atoms with Crippen LogP contribution in [0.25, 0.3) is 0 Å². The van der Waals surface area contributed by atoms with Crippen LogP contribution in [0.3, 0.4) is 0 Å². The monoisotopic (exact) mass is 305 g/mol. The Kier molecular flexibility index (Phi) is 4.81. The lowest BCUT2D eigenvalue weighted by Gasteiger charge is -2.40. The molecule has 5 nitrogen and oxygen atoms in total. The van der Waals surface area contributed by atoms with Gasteiger partial charge in [-0.15, -0.1) is 0 Å². The molecule has 0 radical (unpaired) electrons. The van der Waals surface area contributed by atoms with Gasteiger partial charge in [0, 0.05) is 13.1 Å². The van der Waals surface area contributed by atoms with Crippen LogP contribution in [-0.2, 0) is 4.74 Å². The third-order valence-electron chi connectivity index (χ3n) is 4.85. The Hall–Kier alpha value is -1.36. The minimum absolute atomic E-state index is 0.0971. The SMILES string of the molecule is CCC1(C)CN(c2cncc(OC3CCCCC3)n2)CCO1. The van der Waals surface area contributed by atoms with Gasteiger partial charge >= 0.3 is 0 Å². The fourth-order valence-electron chi connectivity index (χ4n) is 3.24. The molecule has 0 N–H and O–H groups in total. The van der Waals surface area contributed by atoms with E-state index in [0.29, 0.717) is 12.0 Å². The van der Waals surface area contributed by atoms with E-state index in [4.69, 9.17) is 9.47 Å². The molecule has 1 saturated carbocycles. The van der Waals surface area contributed by atoms with E-state index in [1.165, 1.54) is 19.3 Å². The molecule has 0 bridgehead atoms. The molecule has 0 aromatic carbocycles. The molecule has 122 valence electrons. The summed E-state index contributed by atoms with van der Waals surface area (Å²) in [6, 6.07) is 0. The molecule has 1 saturated heterocycles. The largest absolute Gasteiger partial charge is 0.473 e. The van der Waals surface area contributed by atoms with E-state index < -0.39 is 0 Å². The van der Waals surface area contributed by atoms with Crippen LogP contribution in [0.15, 0.2) is 12.4 Å². The second kappa shape index (κ2) is 6.82. The van der Waals surface area contributed by atoms with E-state index in [-0.39, 0.29) is 5.60 Å². The van der Waals surface area contributed by atoms with Gasteiger partial charge in [0.15, 0.2) is 5.82 Å². The predicted molar refractivity (Wildman–Crippen MR) is 86.4 cm³/mol. The van der Waals surface area contributed by atoms with Gasteiger partial charge in [-0.1, -0.05) is 13.3 Å². The molecule has 1 unspecified atom stereocenters. The van der Waals surface area contributed by atoms with Crippen LogP contribution in [0.4, 0.5) is 5.82 Å². The molecule has 3 rings (SSSR count). The molecule has 2 fully saturated rings. The molecule has 22 heavy (non-hydrogen) atoms. The first-order valence-corrected chi connectivity index (χ1v) is 8.56. The lowest BCUT2D eigenvalue weighted by molar-refractivity contribution is -0.0443. The molecular weight excluding hydrogens is 278 g/mol. The number of anilines is 1. The predicted octanol–water partition coefficient (Wildman–Crippen LogP) is 3.19. The highest BCUT2D eigenvalue weighted by Gasteiger charge is 2.31. The van der Waals surface area contributed by atoms with Crippen LogP contribution < -0.4 is 9.64 Å². The first-order chi connectivity index (χ1) is 10.7. The van der Waals surface area contributed by atoms with Crippen molar-refractivity contribution in [3.05, 3.63) is 12.4 Å². The van der Waals surface area contributed by atoms with Crippen molar-refractivity contribution in [2.75, 3.05) is 24.6 Å². The molecular formula is C17H27N3O2. The third-order valence-corrected chi connectivity index (χ3v) is 4.85. The Morgan fingerprint density at radius 3 is 2.91 bits per heavy atom. The molecule has 1 aromatic rings. The fraction of sp³-hybridized carbons (Fsp3) is 0.765. The van der Waals surface area contributed by atoms with Crippen molar-refractivity contribution in [2.24, 2.45) is 0 Å². The summed E-state index contributed by atoms with van der Waals surface area (Å²) in [5.41, 5.74) is -0.0971. The maximum Gasteiger partial charge on any atom is 0.234 e. The molecule has 2 aliphatic rings. The zero-order valence-corrected chi connectivity index (χ0v) is 13.8. The summed E-state index contributed by atoms with van der Waals surface area (Å²) in [5.74, 6) is 1.56. The van der Waals surface area contributed by atoms with Crippen molar-refractivity contribution in [1.29, 1.82) is 0 Å². The number of morpholine rings is 1. The van der Waals surface area contributed by atoms with E-state index in [1.54, 1.807) is 6.20 Å². The highest BCUT2D eigenvalue weighted by molar-refractivity contribution is 5.38. The highest BCUT2D eigenvalue weighted by atomic mass is 16.5. The quantitative estimate of drug-likeness (QED) is 0.855. The first-order valence-electron chi connectivity index (χ1n) is 8.56. The van der Waals surface area contributed by atoms with Gasteiger partial charge in [-0.25, -0.2) is 0 Å². The summed E-state index contributed by atoms with van der Waals surface area (Å²) in [5, 5.41) is 0. The second-order valence-corrected chi connectivity index (χ2v) is 6.67. The standard InChI is InChI=1S/C17H27N3O2/c1-3-17(2)13-20(9-10-21-17)15-11-18-12-16(19-15)22-14-7-5-4-6-8-14/h11-12,14H,3-10,13H2,1-2H3. The van der Waals surface area contributed by atoms with E-state index in [1.807, 2.05) is 6.20 Å². The van der Waals surface area contributed by atoms with Crippen molar-refractivity contribution in [2.45, 2.75) is 64.1 Å². The van der Waals surface area contributed by atoms with Gasteiger partial charge < -0.3 is 14.4 Å². The topological polar surface area (TPSA) is 47.5 Å². The van der Waals surface area contributed by atoms with Gasteiger partial charge in [0.25, 0.3) is 0 Å². The third kappa shape index (κ3) is 3.69. The number of hydrogen-bond donors (Lipinski definition) is 0. The molecule has 1 aliphatic carbocycles. The van der Waals surface area contributed by atoms with Crippen molar-refractivity contribution in [1.82, 2.24) is 9.97 Å². The summed E-state index contributed by atoms with van der Waals surface area (Å²) in [7, 11) is 0. The summed E-state index contributed by atoms with van der Waals surface area (Å²) in [4.78, 5) is 11.3. The van der Waals surface area contributed by atoms with E-state index in [2.05, 4.69) is 28.7 Å². The lowest BCUT2D eigenvalue weighted by atomic mass is 9.98. The fourth-order valence-corrected chi connectivity index (χ4v) is 3.24. The van der Waals surface area contributed by atoms with E-state index in [0.717, 1.165) is 44.8 Å². The molecule has 1 aromatic heterocycles. The van der Waals surface area contributed by atoms with E-state index >= 15 is 0 Å². The minimum Gasteiger partial charge on any atom is -0.473 e. The Balaban J connectivity index is 1.67. The van der Waals surface area contributed by atoms with Crippen LogP contribution in [0.2, 0.25) is 0 Å². The summed E-state index contributed by atoms with van der Waals surface area (Å²) < 4.78 is 11.9. The number of aromatic nitrogens is 2. The first kappa shape index (κ1) is 15.5. The van der Waals surface area contributed by atoms with Crippen molar-refractivity contribution in [3.8, 4) is 5.88 Å². The Labute approximate surface area is 133 Å². The summed E-state index contributed by atoms with van der Waals surface area (Å²) >= 11 is 0. The van der Waals surface area contributed by atoms with Crippen molar-refractivity contribution >= 4 is 5.82 Å². The van der Waals surface area contributed by atoms with Gasteiger partial charge in [-0.05, 0) is 39.0 Å². The van der Waals surface area contributed by atoms with Crippen LogP contribution >= 0.6 is 0 Å². The maximum atomic E-state index is 6.03. The van der Waals surface area contributed by atoms with Crippen LogP contribution in [-0.4, -0.2) is 41.4 Å². The van der Waals surface area contributed by atoms with Crippen LogP contribution in [0.5, 0.6) is 5.88 Å². The second-order valence-electron chi connectivity index (χ2n) is 6.67. The van der Waals surface area contributed by atoms with Gasteiger partial charge in [-0.3, -0.25) is 4.98 Å². The molecule has 1 aliphatic heterocycles. The summed E-state index contributed by atoms with van der Waals surface area (Å²) in [6.45, 7) is 6.77. The Morgan fingerprint density at radius 2 is 2.14 bits per heavy atom. The zero-order valence-electron chi connectivity index (χ0n) is 13.8. The smallest absolute Gasteiger partial charge is 0.234 e. The molecule has 2 heterocycles. The Morgan fingerprint density at radius 1 is 1.32 bits per heavy atom. The van der Waals surface area contributed by atoms with Gasteiger partial charge in [0.05, 0.1) is 24.6 Å². The minimum atomic E-state index is -0.0971. The average Bonchev–Trinajstić information content (AvgIpc) is 2.56. The molecule has 5 heteroatoms. The maximum absolute atomic E-state index is 6.03. The molecule has 1 atom stereocenters. The van der Waals surface area contributed by atoms with E-state index in [9.17, 15) is 0 Å². The number of ether oxygens (including phenoxy) is 2. The van der Waals surface area contributed by atoms with Crippen LogP contribution in [0, 0.1) is 0 Å². The number of rotatable bonds is 4. The molecule has 0 amide bonds. The lowest BCUT2D eigenvalue weighted by Crippen LogP contribution is -2.50. The van der Waals surface area contributed by atoms with Gasteiger partial charge in [-0.2, -0.15) is 4.98 Å². The van der Waals surface area contributed by atoms with Crippen LogP contribution in [0.1, 0.15) is 52.4 Å². The van der Waals surface area contributed by atoms with Gasteiger partial charge in [0.2, 0.25) is 5.88 Å². The Bertz CT molecular complexity index is 491. The average molecular weight is 305 g/mol. The number of nitrogens with zero attached hydrogens (tertiary/aromatic N) is 3. The normalized spacial score (nSPS) is 26.9. The van der Waals surface area contributed by atoms with Gasteiger partial charge in [0.1, 0.15) is 6.10 Å².